The van der Waals surface area contributed by atoms with Crippen molar-refractivity contribution in [2.24, 2.45) is 0 Å². The summed E-state index contributed by atoms with van der Waals surface area (Å²) in [6.07, 6.45) is -1.76. The first-order valence-electron chi connectivity index (χ1n) is 10.7. The quantitative estimate of drug-likeness (QED) is 0.503. The largest absolute Gasteiger partial charge is 0.416 e. The molecule has 0 spiro atoms. The SMILES string of the molecule is Cc1ccc2nc(C)c(CN3CCc4nc(-c5ccc(C(F)(F)F)cc5)[nH]c(=O)c4C3)n2c1. The fourth-order valence-corrected chi connectivity index (χ4v) is 4.29. The van der Waals surface area contributed by atoms with Crippen LogP contribution in [0.15, 0.2) is 47.4 Å². The Morgan fingerprint density at radius 2 is 1.82 bits per heavy atom. The molecule has 4 heterocycles. The molecule has 0 fully saturated rings. The van der Waals surface area contributed by atoms with Crippen LogP contribution in [0.3, 0.4) is 0 Å². The zero-order chi connectivity index (χ0) is 23.3. The number of rotatable bonds is 3. The van der Waals surface area contributed by atoms with E-state index < -0.39 is 11.7 Å². The Morgan fingerprint density at radius 1 is 1.06 bits per heavy atom. The van der Waals surface area contributed by atoms with E-state index in [0.29, 0.717) is 42.9 Å². The van der Waals surface area contributed by atoms with Gasteiger partial charge in [0.15, 0.2) is 0 Å². The van der Waals surface area contributed by atoms with Gasteiger partial charge in [0.25, 0.3) is 5.56 Å². The molecule has 0 bridgehead atoms. The van der Waals surface area contributed by atoms with Crippen molar-refractivity contribution < 1.29 is 13.2 Å². The Morgan fingerprint density at radius 3 is 2.55 bits per heavy atom. The Hall–Kier alpha value is -3.46. The maximum atomic E-state index is 12.8. The van der Waals surface area contributed by atoms with Crippen molar-refractivity contribution in [3.8, 4) is 11.4 Å². The minimum Gasteiger partial charge on any atom is -0.306 e. The van der Waals surface area contributed by atoms with Gasteiger partial charge in [0, 0.05) is 37.8 Å². The Bertz CT molecular complexity index is 1400. The van der Waals surface area contributed by atoms with Gasteiger partial charge in [0.1, 0.15) is 11.5 Å². The van der Waals surface area contributed by atoms with Gasteiger partial charge in [-0.1, -0.05) is 18.2 Å². The van der Waals surface area contributed by atoms with E-state index in [1.807, 2.05) is 26.0 Å². The number of aryl methyl sites for hydroxylation is 2. The van der Waals surface area contributed by atoms with E-state index in [1.54, 1.807) is 0 Å². The van der Waals surface area contributed by atoms with Crippen molar-refractivity contribution in [3.63, 3.8) is 0 Å². The van der Waals surface area contributed by atoms with E-state index in [0.717, 1.165) is 34.7 Å². The van der Waals surface area contributed by atoms with Gasteiger partial charge in [-0.05, 0) is 37.6 Å². The maximum absolute atomic E-state index is 12.8. The number of halogens is 3. The van der Waals surface area contributed by atoms with Crippen molar-refractivity contribution in [2.75, 3.05) is 6.54 Å². The predicted octanol–water partition coefficient (Wildman–Crippen LogP) is 4.28. The third kappa shape index (κ3) is 4.04. The minimum absolute atomic E-state index is 0.259. The van der Waals surface area contributed by atoms with E-state index in [1.165, 1.54) is 12.1 Å². The molecule has 4 aromatic rings. The number of aromatic amines is 1. The minimum atomic E-state index is -4.41. The van der Waals surface area contributed by atoms with Gasteiger partial charge in [-0.3, -0.25) is 9.69 Å². The molecule has 1 aliphatic rings. The molecule has 1 aliphatic heterocycles. The first kappa shape index (κ1) is 21.4. The molecule has 0 atom stereocenters. The van der Waals surface area contributed by atoms with Crippen molar-refractivity contribution in [1.29, 1.82) is 0 Å². The predicted molar refractivity (Wildman–Crippen MR) is 118 cm³/mol. The van der Waals surface area contributed by atoms with Gasteiger partial charge >= 0.3 is 6.18 Å². The van der Waals surface area contributed by atoms with E-state index in [4.69, 9.17) is 0 Å². The van der Waals surface area contributed by atoms with Crippen LogP contribution in [0.2, 0.25) is 0 Å². The average Bonchev–Trinajstić information content (AvgIpc) is 3.08. The summed E-state index contributed by atoms with van der Waals surface area (Å²) in [4.78, 5) is 27.0. The number of nitrogens with zero attached hydrogens (tertiary/aromatic N) is 4. The van der Waals surface area contributed by atoms with Crippen LogP contribution < -0.4 is 5.56 Å². The molecule has 6 nitrogen and oxygen atoms in total. The third-order valence-electron chi connectivity index (χ3n) is 6.07. The number of alkyl halides is 3. The molecule has 33 heavy (non-hydrogen) atoms. The van der Waals surface area contributed by atoms with Crippen LogP contribution in [0.5, 0.6) is 0 Å². The molecule has 0 amide bonds. The highest BCUT2D eigenvalue weighted by atomic mass is 19.4. The second-order valence-corrected chi connectivity index (χ2v) is 8.45. The lowest BCUT2D eigenvalue weighted by Crippen LogP contribution is -2.35. The van der Waals surface area contributed by atoms with Gasteiger partial charge < -0.3 is 9.38 Å². The number of pyridine rings is 1. The Kier molecular flexibility index (Phi) is 5.08. The van der Waals surface area contributed by atoms with Crippen molar-refractivity contribution in [1.82, 2.24) is 24.3 Å². The summed E-state index contributed by atoms with van der Waals surface area (Å²) in [5.41, 5.74) is 4.81. The maximum Gasteiger partial charge on any atom is 0.416 e. The standard InChI is InChI=1S/C24H22F3N5O/c1-14-3-8-21-28-15(2)20(32(21)11-14)13-31-10-9-19-18(12-31)23(33)30-22(29-19)16-4-6-17(7-5-16)24(25,26)27/h3-8,11H,9-10,12-13H2,1-2H3,(H,29,30,33). The summed E-state index contributed by atoms with van der Waals surface area (Å²) in [5, 5.41) is 0. The molecule has 1 N–H and O–H groups in total. The summed E-state index contributed by atoms with van der Waals surface area (Å²) >= 11 is 0. The normalized spacial score (nSPS) is 14.6. The lowest BCUT2D eigenvalue weighted by atomic mass is 10.1. The third-order valence-corrected chi connectivity index (χ3v) is 6.07. The highest BCUT2D eigenvalue weighted by Gasteiger charge is 2.30. The van der Waals surface area contributed by atoms with E-state index >= 15 is 0 Å². The monoisotopic (exact) mass is 453 g/mol. The number of H-pyrrole nitrogens is 1. The molecule has 170 valence electrons. The smallest absolute Gasteiger partial charge is 0.306 e. The molecular formula is C24H22F3N5O. The molecule has 0 radical (unpaired) electrons. The van der Waals surface area contributed by atoms with Crippen LogP contribution in [0, 0.1) is 13.8 Å². The zero-order valence-corrected chi connectivity index (χ0v) is 18.2. The summed E-state index contributed by atoms with van der Waals surface area (Å²) in [6, 6.07) is 8.68. The molecular weight excluding hydrogens is 431 g/mol. The number of hydrogen-bond donors (Lipinski definition) is 1. The van der Waals surface area contributed by atoms with Gasteiger partial charge in [0.05, 0.1) is 28.2 Å². The van der Waals surface area contributed by atoms with Crippen LogP contribution in [0.4, 0.5) is 13.2 Å². The van der Waals surface area contributed by atoms with Crippen LogP contribution in [0.25, 0.3) is 17.0 Å². The van der Waals surface area contributed by atoms with Crippen LogP contribution in [0.1, 0.15) is 33.8 Å². The number of aromatic nitrogens is 4. The van der Waals surface area contributed by atoms with Crippen molar-refractivity contribution in [2.45, 2.75) is 39.5 Å². The van der Waals surface area contributed by atoms with Crippen LogP contribution >= 0.6 is 0 Å². The summed E-state index contributed by atoms with van der Waals surface area (Å²) in [5.74, 6) is 0.286. The van der Waals surface area contributed by atoms with E-state index in [9.17, 15) is 18.0 Å². The highest BCUT2D eigenvalue weighted by molar-refractivity contribution is 5.56. The molecule has 3 aromatic heterocycles. The van der Waals surface area contributed by atoms with E-state index in [-0.39, 0.29) is 11.4 Å². The zero-order valence-electron chi connectivity index (χ0n) is 18.2. The number of hydrogen-bond acceptors (Lipinski definition) is 4. The average molecular weight is 453 g/mol. The van der Waals surface area contributed by atoms with Crippen LogP contribution in [-0.2, 0) is 25.7 Å². The van der Waals surface area contributed by atoms with Gasteiger partial charge in [-0.2, -0.15) is 13.2 Å². The lowest BCUT2D eigenvalue weighted by molar-refractivity contribution is -0.137. The lowest BCUT2D eigenvalue weighted by Gasteiger charge is -2.27. The molecule has 1 aromatic carbocycles. The molecule has 5 rings (SSSR count). The van der Waals surface area contributed by atoms with Crippen LogP contribution in [-0.4, -0.2) is 30.8 Å². The number of fused-ring (bicyclic) bond motifs is 2. The fraction of sp³-hybridized carbons (Fsp3) is 0.292. The summed E-state index contributed by atoms with van der Waals surface area (Å²) < 4.78 is 40.6. The molecule has 0 aliphatic carbocycles. The first-order valence-corrected chi connectivity index (χ1v) is 10.7. The highest BCUT2D eigenvalue weighted by Crippen LogP contribution is 2.30. The topological polar surface area (TPSA) is 66.3 Å². The Labute approximate surface area is 187 Å². The number of imidazole rings is 1. The first-order chi connectivity index (χ1) is 15.7. The Balaban J connectivity index is 1.40. The second-order valence-electron chi connectivity index (χ2n) is 8.45. The second kappa shape index (κ2) is 7.84. The number of nitrogens with one attached hydrogen (secondary N) is 1. The molecule has 9 heteroatoms. The van der Waals surface area contributed by atoms with Gasteiger partial charge in [0.2, 0.25) is 0 Å². The molecule has 0 unspecified atom stereocenters. The summed E-state index contributed by atoms with van der Waals surface area (Å²) in [6.45, 7) is 5.84. The van der Waals surface area contributed by atoms with Crippen molar-refractivity contribution in [3.05, 3.63) is 86.7 Å². The molecule has 0 saturated carbocycles. The van der Waals surface area contributed by atoms with Gasteiger partial charge in [-0.15, -0.1) is 0 Å². The molecule has 0 saturated heterocycles. The van der Waals surface area contributed by atoms with Gasteiger partial charge in [-0.25, -0.2) is 9.97 Å². The summed E-state index contributed by atoms with van der Waals surface area (Å²) in [7, 11) is 0. The van der Waals surface area contributed by atoms with E-state index in [2.05, 4.69) is 30.4 Å². The number of benzene rings is 1. The fourth-order valence-electron chi connectivity index (χ4n) is 4.29. The van der Waals surface area contributed by atoms with Crippen molar-refractivity contribution >= 4 is 5.65 Å².